The highest BCUT2D eigenvalue weighted by atomic mass is 32.1. The van der Waals surface area contributed by atoms with E-state index in [0.717, 1.165) is 0 Å². The molecule has 4 heteroatoms. The number of nitrogens with two attached hydrogens (primary N) is 1. The zero-order valence-corrected chi connectivity index (χ0v) is 7.40. The van der Waals surface area contributed by atoms with Crippen molar-refractivity contribution >= 4 is 33.4 Å². The van der Waals surface area contributed by atoms with Gasteiger partial charge in [-0.15, -0.1) is 11.3 Å². The number of carbonyl (C=O) groups excluding carboxylic acids is 1. The molecular formula is C9H6FNOS. The minimum atomic E-state index is -0.478. The molecule has 13 heavy (non-hydrogen) atoms. The second kappa shape index (κ2) is 2.81. The maximum absolute atomic E-state index is 13.4. The van der Waals surface area contributed by atoms with E-state index in [1.165, 1.54) is 17.4 Å². The third-order valence-corrected chi connectivity index (χ3v) is 2.88. The van der Waals surface area contributed by atoms with E-state index in [-0.39, 0.29) is 5.56 Å². The quantitative estimate of drug-likeness (QED) is 0.710. The lowest BCUT2D eigenvalue weighted by atomic mass is 10.1. The Balaban J connectivity index is 2.87. The van der Waals surface area contributed by atoms with Gasteiger partial charge in [0.15, 0.2) is 12.1 Å². The first-order valence-electron chi connectivity index (χ1n) is 3.64. The van der Waals surface area contributed by atoms with Gasteiger partial charge in [-0.3, -0.25) is 4.79 Å². The number of halogens is 1. The first-order chi connectivity index (χ1) is 6.24. The number of hydrogen-bond acceptors (Lipinski definition) is 3. The van der Waals surface area contributed by atoms with Gasteiger partial charge in [0.05, 0.1) is 16.0 Å². The fourth-order valence-electron chi connectivity index (χ4n) is 1.19. The fraction of sp³-hybridized carbons (Fsp3) is 0. The zero-order chi connectivity index (χ0) is 9.42. The van der Waals surface area contributed by atoms with E-state index < -0.39 is 5.82 Å². The van der Waals surface area contributed by atoms with Crippen LogP contribution in [-0.2, 0) is 0 Å². The van der Waals surface area contributed by atoms with Gasteiger partial charge in [0, 0.05) is 10.8 Å². The average molecular weight is 195 g/mol. The summed E-state index contributed by atoms with van der Waals surface area (Å²) >= 11 is 1.21. The molecule has 0 radical (unpaired) electrons. The van der Waals surface area contributed by atoms with Gasteiger partial charge in [-0.05, 0) is 6.07 Å². The van der Waals surface area contributed by atoms with Gasteiger partial charge in [-0.2, -0.15) is 0 Å². The molecule has 1 aromatic heterocycles. The lowest BCUT2D eigenvalue weighted by molar-refractivity contribution is 0.112. The largest absolute Gasteiger partial charge is 0.398 e. The molecule has 0 unspecified atom stereocenters. The lowest BCUT2D eigenvalue weighted by Crippen LogP contribution is -1.87. The molecule has 0 bridgehead atoms. The van der Waals surface area contributed by atoms with Crippen LogP contribution in [-0.4, -0.2) is 6.29 Å². The van der Waals surface area contributed by atoms with Crippen LogP contribution in [0.2, 0.25) is 0 Å². The topological polar surface area (TPSA) is 43.1 Å². The Morgan fingerprint density at radius 1 is 1.46 bits per heavy atom. The van der Waals surface area contributed by atoms with Gasteiger partial charge in [0.1, 0.15) is 0 Å². The lowest BCUT2D eigenvalue weighted by Gasteiger charge is -1.96. The van der Waals surface area contributed by atoms with Gasteiger partial charge in [0.2, 0.25) is 0 Å². The number of thiophene rings is 1. The number of rotatable bonds is 1. The van der Waals surface area contributed by atoms with Crippen LogP contribution in [0, 0.1) is 5.82 Å². The molecule has 0 saturated heterocycles. The Morgan fingerprint density at radius 2 is 2.23 bits per heavy atom. The normalized spacial score (nSPS) is 10.5. The maximum atomic E-state index is 13.4. The van der Waals surface area contributed by atoms with Crippen LogP contribution in [0.5, 0.6) is 0 Å². The molecule has 0 spiro atoms. The summed E-state index contributed by atoms with van der Waals surface area (Å²) in [4.78, 5) is 10.4. The zero-order valence-electron chi connectivity index (χ0n) is 6.58. The molecule has 0 atom stereocenters. The van der Waals surface area contributed by atoms with Crippen LogP contribution in [0.25, 0.3) is 10.1 Å². The Bertz CT molecular complexity index is 478. The second-order valence-electron chi connectivity index (χ2n) is 2.65. The second-order valence-corrected chi connectivity index (χ2v) is 3.53. The van der Waals surface area contributed by atoms with Gasteiger partial charge >= 0.3 is 0 Å². The van der Waals surface area contributed by atoms with E-state index >= 15 is 0 Å². The smallest absolute Gasteiger partial charge is 0.153 e. The van der Waals surface area contributed by atoms with Crippen LogP contribution in [0.4, 0.5) is 10.1 Å². The van der Waals surface area contributed by atoms with Crippen molar-refractivity contribution in [1.82, 2.24) is 0 Å². The third-order valence-electron chi connectivity index (χ3n) is 1.87. The summed E-state index contributed by atoms with van der Waals surface area (Å²) in [5.41, 5.74) is 6.22. The molecule has 1 heterocycles. The molecule has 2 N–H and O–H groups in total. The molecule has 0 fully saturated rings. The van der Waals surface area contributed by atoms with E-state index in [4.69, 9.17) is 5.73 Å². The summed E-state index contributed by atoms with van der Waals surface area (Å²) < 4.78 is 13.9. The van der Waals surface area contributed by atoms with Crippen LogP contribution in [0.3, 0.4) is 0 Å². The van der Waals surface area contributed by atoms with Crippen LogP contribution in [0.15, 0.2) is 17.5 Å². The summed E-state index contributed by atoms with van der Waals surface area (Å²) in [6, 6.07) is 3.10. The minimum absolute atomic E-state index is 0.0781. The molecule has 66 valence electrons. The van der Waals surface area contributed by atoms with Crippen molar-refractivity contribution in [2.75, 3.05) is 5.73 Å². The van der Waals surface area contributed by atoms with Crippen molar-refractivity contribution in [3.8, 4) is 0 Å². The molecule has 0 aliphatic carbocycles. The minimum Gasteiger partial charge on any atom is -0.398 e. The highest BCUT2D eigenvalue weighted by Gasteiger charge is 2.09. The van der Waals surface area contributed by atoms with E-state index in [1.54, 1.807) is 11.4 Å². The number of carbonyl (C=O) groups is 1. The summed E-state index contributed by atoms with van der Waals surface area (Å²) in [7, 11) is 0. The molecule has 0 aliphatic rings. The summed E-state index contributed by atoms with van der Waals surface area (Å²) in [5.74, 6) is -0.478. The van der Waals surface area contributed by atoms with Crippen molar-refractivity contribution < 1.29 is 9.18 Å². The standard InChI is InChI=1S/C9H6FNOS/c10-8-5(3-12)1-2-6-7(11)4-13-9(6)8/h1-4H,11H2. The Hall–Kier alpha value is -1.42. The molecule has 2 nitrogen and oxygen atoms in total. The Morgan fingerprint density at radius 3 is 2.92 bits per heavy atom. The molecule has 2 aromatic rings. The number of benzene rings is 1. The van der Waals surface area contributed by atoms with Crippen LogP contribution >= 0.6 is 11.3 Å². The molecular weight excluding hydrogens is 189 g/mol. The molecule has 2 rings (SSSR count). The van der Waals surface area contributed by atoms with Gasteiger partial charge in [0.25, 0.3) is 0 Å². The highest BCUT2D eigenvalue weighted by molar-refractivity contribution is 7.17. The number of fused-ring (bicyclic) bond motifs is 1. The summed E-state index contributed by atoms with van der Waals surface area (Å²) in [6.45, 7) is 0. The summed E-state index contributed by atoms with van der Waals surface area (Å²) in [5, 5.41) is 2.34. The van der Waals surface area contributed by atoms with Crippen molar-refractivity contribution in [3.05, 3.63) is 28.9 Å². The van der Waals surface area contributed by atoms with E-state index in [1.807, 2.05) is 0 Å². The molecule has 0 amide bonds. The third kappa shape index (κ3) is 1.10. The van der Waals surface area contributed by atoms with Gasteiger partial charge < -0.3 is 5.73 Å². The van der Waals surface area contributed by atoms with Crippen molar-refractivity contribution in [2.24, 2.45) is 0 Å². The number of nitrogen functional groups attached to an aromatic ring is 1. The van der Waals surface area contributed by atoms with E-state index in [2.05, 4.69) is 0 Å². The number of anilines is 1. The van der Waals surface area contributed by atoms with Crippen molar-refractivity contribution in [3.63, 3.8) is 0 Å². The molecule has 1 aromatic carbocycles. The van der Waals surface area contributed by atoms with Crippen LogP contribution < -0.4 is 5.73 Å². The Labute approximate surface area is 77.8 Å². The monoisotopic (exact) mass is 195 g/mol. The number of aldehydes is 1. The highest BCUT2D eigenvalue weighted by Crippen LogP contribution is 2.31. The summed E-state index contributed by atoms with van der Waals surface area (Å²) in [6.07, 6.45) is 0.505. The molecule has 0 aliphatic heterocycles. The van der Waals surface area contributed by atoms with E-state index in [9.17, 15) is 9.18 Å². The average Bonchev–Trinajstić information content (AvgIpc) is 2.50. The van der Waals surface area contributed by atoms with Crippen LogP contribution in [0.1, 0.15) is 10.4 Å². The van der Waals surface area contributed by atoms with E-state index in [0.29, 0.717) is 22.1 Å². The predicted molar refractivity (Wildman–Crippen MR) is 51.6 cm³/mol. The Kier molecular flexibility index (Phi) is 1.77. The molecule has 0 saturated carbocycles. The first-order valence-corrected chi connectivity index (χ1v) is 4.52. The number of hydrogen-bond donors (Lipinski definition) is 1. The van der Waals surface area contributed by atoms with Gasteiger partial charge in [-0.25, -0.2) is 4.39 Å². The maximum Gasteiger partial charge on any atom is 0.153 e. The van der Waals surface area contributed by atoms with Gasteiger partial charge in [-0.1, -0.05) is 6.07 Å². The predicted octanol–water partition coefficient (Wildman–Crippen LogP) is 2.44. The van der Waals surface area contributed by atoms with Crippen molar-refractivity contribution in [2.45, 2.75) is 0 Å². The van der Waals surface area contributed by atoms with Crippen molar-refractivity contribution in [1.29, 1.82) is 0 Å². The SMILES string of the molecule is Nc1csc2c(F)c(C=O)ccc12. The fourth-order valence-corrected chi connectivity index (χ4v) is 2.10. The first kappa shape index (κ1) is 8.19.